The van der Waals surface area contributed by atoms with Crippen LogP contribution >= 0.6 is 0 Å². The van der Waals surface area contributed by atoms with Crippen LogP contribution in [0.15, 0.2) is 61.1 Å². The van der Waals surface area contributed by atoms with E-state index in [9.17, 15) is 0 Å². The summed E-state index contributed by atoms with van der Waals surface area (Å²) in [4.78, 5) is 8.39. The van der Waals surface area contributed by atoms with E-state index in [2.05, 4.69) is 16.0 Å². The number of rotatable bonds is 1. The summed E-state index contributed by atoms with van der Waals surface area (Å²) >= 11 is 0. The smallest absolute Gasteiger partial charge is 0.0708 e. The molecule has 0 radical (unpaired) electrons. The average molecular weight is 206 g/mol. The fourth-order valence-corrected chi connectivity index (χ4v) is 1.88. The van der Waals surface area contributed by atoms with Gasteiger partial charge in [0.15, 0.2) is 0 Å². The van der Waals surface area contributed by atoms with Gasteiger partial charge in [0.05, 0.1) is 5.52 Å². The number of nitrogens with zero attached hydrogens (tertiary/aromatic N) is 2. The first-order chi connectivity index (χ1) is 7.95. The monoisotopic (exact) mass is 206 g/mol. The van der Waals surface area contributed by atoms with Crippen LogP contribution < -0.4 is 0 Å². The molecule has 0 fully saturated rings. The summed E-state index contributed by atoms with van der Waals surface area (Å²) in [5.41, 5.74) is 3.40. The number of hydrogen-bond donors (Lipinski definition) is 0. The molecular weight excluding hydrogens is 196 g/mol. The molecule has 0 aliphatic heterocycles. The van der Waals surface area contributed by atoms with Crippen molar-refractivity contribution in [1.82, 2.24) is 9.97 Å². The van der Waals surface area contributed by atoms with Crippen molar-refractivity contribution in [1.29, 1.82) is 0 Å². The number of fused-ring (bicyclic) bond motifs is 1. The lowest BCUT2D eigenvalue weighted by Gasteiger charge is -2.05. The first-order valence-electron chi connectivity index (χ1n) is 5.19. The van der Waals surface area contributed by atoms with Gasteiger partial charge in [-0.05, 0) is 35.4 Å². The van der Waals surface area contributed by atoms with E-state index in [1.165, 1.54) is 16.5 Å². The highest BCUT2D eigenvalue weighted by atomic mass is 14.6. The van der Waals surface area contributed by atoms with E-state index in [4.69, 9.17) is 0 Å². The van der Waals surface area contributed by atoms with E-state index in [0.29, 0.717) is 0 Å². The van der Waals surface area contributed by atoms with Gasteiger partial charge in [-0.1, -0.05) is 18.2 Å². The summed E-state index contributed by atoms with van der Waals surface area (Å²) in [6.45, 7) is 0. The third-order valence-electron chi connectivity index (χ3n) is 2.64. The highest BCUT2D eigenvalue weighted by Crippen LogP contribution is 2.26. The molecule has 0 bridgehead atoms. The van der Waals surface area contributed by atoms with Crippen molar-refractivity contribution in [2.75, 3.05) is 0 Å². The van der Waals surface area contributed by atoms with E-state index in [1.54, 1.807) is 0 Å². The van der Waals surface area contributed by atoms with Crippen LogP contribution in [0.4, 0.5) is 0 Å². The molecule has 0 amide bonds. The van der Waals surface area contributed by atoms with Crippen LogP contribution in [0.25, 0.3) is 22.0 Å². The lowest BCUT2D eigenvalue weighted by atomic mass is 10.0. The second-order valence-corrected chi connectivity index (χ2v) is 3.61. The van der Waals surface area contributed by atoms with Gasteiger partial charge in [0.25, 0.3) is 0 Å². The van der Waals surface area contributed by atoms with Gasteiger partial charge in [-0.2, -0.15) is 0 Å². The van der Waals surface area contributed by atoms with Gasteiger partial charge in [0, 0.05) is 24.0 Å². The molecule has 2 heterocycles. The predicted octanol–water partition coefficient (Wildman–Crippen LogP) is 3.30. The van der Waals surface area contributed by atoms with Gasteiger partial charge >= 0.3 is 0 Å². The number of hydrogen-bond acceptors (Lipinski definition) is 2. The van der Waals surface area contributed by atoms with Gasteiger partial charge in [0.1, 0.15) is 0 Å². The summed E-state index contributed by atoms with van der Waals surface area (Å²) in [7, 11) is 0. The fraction of sp³-hybridized carbons (Fsp3) is 0. The summed E-state index contributed by atoms with van der Waals surface area (Å²) in [5.74, 6) is 0. The van der Waals surface area contributed by atoms with Crippen LogP contribution in [0.3, 0.4) is 0 Å². The van der Waals surface area contributed by atoms with Crippen LogP contribution in [0.5, 0.6) is 0 Å². The standard InChI is InChI=1S/C14H10N2/c1-2-4-14-13(3-1)12(7-10-16-14)11-5-8-15-9-6-11/h1-10H. The fourth-order valence-electron chi connectivity index (χ4n) is 1.88. The Morgan fingerprint density at radius 3 is 2.44 bits per heavy atom. The maximum absolute atomic E-state index is 4.35. The van der Waals surface area contributed by atoms with Crippen molar-refractivity contribution in [2.45, 2.75) is 0 Å². The van der Waals surface area contributed by atoms with Crippen LogP contribution in [-0.2, 0) is 0 Å². The molecule has 16 heavy (non-hydrogen) atoms. The number of aromatic nitrogens is 2. The first kappa shape index (κ1) is 9.04. The highest BCUT2D eigenvalue weighted by Gasteiger charge is 2.02. The third kappa shape index (κ3) is 1.44. The van der Waals surface area contributed by atoms with Gasteiger partial charge < -0.3 is 0 Å². The molecule has 76 valence electrons. The minimum atomic E-state index is 1.02. The van der Waals surface area contributed by atoms with E-state index in [1.807, 2.05) is 55.0 Å². The Bertz CT molecular complexity index is 612. The third-order valence-corrected chi connectivity index (χ3v) is 2.64. The Morgan fingerprint density at radius 2 is 1.56 bits per heavy atom. The van der Waals surface area contributed by atoms with Crippen molar-refractivity contribution < 1.29 is 0 Å². The van der Waals surface area contributed by atoms with Crippen molar-refractivity contribution in [3.05, 3.63) is 61.1 Å². The summed E-state index contributed by atoms with van der Waals surface area (Å²) < 4.78 is 0. The Morgan fingerprint density at radius 1 is 0.750 bits per heavy atom. The van der Waals surface area contributed by atoms with Gasteiger partial charge in [-0.15, -0.1) is 0 Å². The molecule has 2 aromatic heterocycles. The second-order valence-electron chi connectivity index (χ2n) is 3.61. The van der Waals surface area contributed by atoms with E-state index >= 15 is 0 Å². The van der Waals surface area contributed by atoms with Gasteiger partial charge in [-0.25, -0.2) is 0 Å². The SMILES string of the molecule is c1ccc2c(-c3ccncc3)ccnc2c1. The van der Waals surface area contributed by atoms with E-state index in [0.717, 1.165) is 5.52 Å². The lowest BCUT2D eigenvalue weighted by molar-refractivity contribution is 1.33. The maximum atomic E-state index is 4.35. The highest BCUT2D eigenvalue weighted by molar-refractivity contribution is 5.93. The molecule has 2 nitrogen and oxygen atoms in total. The zero-order chi connectivity index (χ0) is 10.8. The predicted molar refractivity (Wildman–Crippen MR) is 65.0 cm³/mol. The van der Waals surface area contributed by atoms with Crippen molar-refractivity contribution in [2.24, 2.45) is 0 Å². The van der Waals surface area contributed by atoms with Crippen LogP contribution in [0, 0.1) is 0 Å². The van der Waals surface area contributed by atoms with Crippen LogP contribution in [0.1, 0.15) is 0 Å². The van der Waals surface area contributed by atoms with Crippen molar-refractivity contribution >= 4 is 10.9 Å². The number of pyridine rings is 2. The lowest BCUT2D eigenvalue weighted by Crippen LogP contribution is -1.83. The summed E-state index contributed by atoms with van der Waals surface area (Å²) in [6.07, 6.45) is 5.47. The van der Waals surface area contributed by atoms with Gasteiger partial charge in [-0.3, -0.25) is 9.97 Å². The van der Waals surface area contributed by atoms with Gasteiger partial charge in [0.2, 0.25) is 0 Å². The molecule has 0 aliphatic carbocycles. The molecule has 0 spiro atoms. The quantitative estimate of drug-likeness (QED) is 0.610. The minimum absolute atomic E-state index is 1.02. The molecule has 0 N–H and O–H groups in total. The van der Waals surface area contributed by atoms with Crippen LogP contribution in [0.2, 0.25) is 0 Å². The molecule has 1 aromatic carbocycles. The zero-order valence-electron chi connectivity index (χ0n) is 8.67. The zero-order valence-corrected chi connectivity index (χ0v) is 8.67. The molecular formula is C14H10N2. The first-order valence-corrected chi connectivity index (χ1v) is 5.19. The Balaban J connectivity index is 2.32. The Labute approximate surface area is 93.6 Å². The average Bonchev–Trinajstić information content (AvgIpc) is 2.39. The van der Waals surface area contributed by atoms with E-state index in [-0.39, 0.29) is 0 Å². The maximum Gasteiger partial charge on any atom is 0.0708 e. The molecule has 0 aliphatic rings. The Hall–Kier alpha value is -2.22. The number of benzene rings is 1. The molecule has 0 saturated heterocycles. The number of para-hydroxylation sites is 1. The van der Waals surface area contributed by atoms with Crippen molar-refractivity contribution in [3.63, 3.8) is 0 Å². The second kappa shape index (κ2) is 3.74. The molecule has 2 heteroatoms. The molecule has 0 saturated carbocycles. The molecule has 0 atom stereocenters. The molecule has 0 unspecified atom stereocenters. The Kier molecular flexibility index (Phi) is 2.11. The normalized spacial score (nSPS) is 10.5. The minimum Gasteiger partial charge on any atom is -0.265 e. The van der Waals surface area contributed by atoms with Crippen LogP contribution in [-0.4, -0.2) is 9.97 Å². The summed E-state index contributed by atoms with van der Waals surface area (Å²) in [6, 6.07) is 14.2. The molecule has 3 rings (SSSR count). The largest absolute Gasteiger partial charge is 0.265 e. The van der Waals surface area contributed by atoms with Crippen molar-refractivity contribution in [3.8, 4) is 11.1 Å². The van der Waals surface area contributed by atoms with E-state index < -0.39 is 0 Å². The molecule has 3 aromatic rings. The summed E-state index contributed by atoms with van der Waals surface area (Å²) in [5, 5.41) is 1.18. The topological polar surface area (TPSA) is 25.8 Å².